The van der Waals surface area contributed by atoms with Crippen molar-refractivity contribution in [1.29, 1.82) is 5.26 Å². The van der Waals surface area contributed by atoms with E-state index in [4.69, 9.17) is 5.26 Å². The van der Waals surface area contributed by atoms with Crippen LogP contribution in [-0.2, 0) is 17.8 Å². The van der Waals surface area contributed by atoms with Gasteiger partial charge in [-0.15, -0.1) is 16.8 Å². The highest BCUT2D eigenvalue weighted by atomic mass is 32.2. The van der Waals surface area contributed by atoms with Crippen LogP contribution in [-0.4, -0.2) is 26.4 Å². The molecule has 0 spiro atoms. The Bertz CT molecular complexity index is 687. The van der Waals surface area contributed by atoms with Crippen molar-refractivity contribution in [2.45, 2.75) is 18.1 Å². The monoisotopic (exact) mass is 313 g/mol. The van der Waals surface area contributed by atoms with E-state index in [2.05, 4.69) is 28.2 Å². The molecule has 1 heterocycles. The number of hydrogen-bond acceptors (Lipinski definition) is 5. The van der Waals surface area contributed by atoms with Crippen molar-refractivity contribution in [3.63, 3.8) is 0 Å². The Morgan fingerprint density at radius 1 is 1.45 bits per heavy atom. The fraction of sp³-hybridized carbons (Fsp3) is 0.200. The van der Waals surface area contributed by atoms with Crippen molar-refractivity contribution in [2.75, 3.05) is 11.1 Å². The molecule has 0 saturated heterocycles. The van der Waals surface area contributed by atoms with Gasteiger partial charge in [-0.2, -0.15) is 5.26 Å². The van der Waals surface area contributed by atoms with Crippen molar-refractivity contribution in [3.05, 3.63) is 48.8 Å². The quantitative estimate of drug-likeness (QED) is 0.626. The molecule has 0 aliphatic carbocycles. The van der Waals surface area contributed by atoms with Gasteiger partial charge in [-0.3, -0.25) is 4.79 Å². The van der Waals surface area contributed by atoms with Crippen molar-refractivity contribution in [2.24, 2.45) is 0 Å². The number of anilines is 1. The number of carbonyl (C=O) groups excluding carboxylic acids is 1. The number of nitriles is 1. The predicted octanol–water partition coefficient (Wildman–Crippen LogP) is 2.26. The lowest BCUT2D eigenvalue weighted by atomic mass is 10.1. The molecule has 0 saturated carbocycles. The fourth-order valence-electron chi connectivity index (χ4n) is 1.74. The van der Waals surface area contributed by atoms with Gasteiger partial charge in [0.2, 0.25) is 5.91 Å². The number of allylic oxidation sites excluding steroid dienone is 1. The Hall–Kier alpha value is -2.59. The third-order valence-electron chi connectivity index (χ3n) is 2.76. The van der Waals surface area contributed by atoms with Gasteiger partial charge in [-0.25, -0.2) is 0 Å². The lowest BCUT2D eigenvalue weighted by molar-refractivity contribution is -0.113. The average molecular weight is 313 g/mol. The summed E-state index contributed by atoms with van der Waals surface area (Å²) in [5, 5.41) is 19.9. The van der Waals surface area contributed by atoms with Crippen LogP contribution in [0.1, 0.15) is 5.56 Å². The normalized spacial score (nSPS) is 9.95. The van der Waals surface area contributed by atoms with Gasteiger partial charge < -0.3 is 9.88 Å². The van der Waals surface area contributed by atoms with E-state index in [0.29, 0.717) is 23.8 Å². The van der Waals surface area contributed by atoms with Gasteiger partial charge in [0.25, 0.3) is 0 Å². The smallest absolute Gasteiger partial charge is 0.234 e. The molecule has 22 heavy (non-hydrogen) atoms. The van der Waals surface area contributed by atoms with Gasteiger partial charge in [0.05, 0.1) is 18.2 Å². The number of thioether (sulfide) groups is 1. The molecule has 1 aromatic carbocycles. The molecule has 1 N–H and O–H groups in total. The number of carbonyl (C=O) groups is 1. The predicted molar refractivity (Wildman–Crippen MR) is 85.3 cm³/mol. The van der Waals surface area contributed by atoms with Crippen molar-refractivity contribution in [1.82, 2.24) is 14.8 Å². The zero-order valence-electron chi connectivity index (χ0n) is 11.9. The zero-order valence-corrected chi connectivity index (χ0v) is 12.7. The first-order chi connectivity index (χ1) is 10.7. The molecule has 7 heteroatoms. The number of rotatable bonds is 7. The Kier molecular flexibility index (Phi) is 5.74. The van der Waals surface area contributed by atoms with Crippen LogP contribution in [0.5, 0.6) is 0 Å². The topological polar surface area (TPSA) is 83.6 Å². The highest BCUT2D eigenvalue weighted by Gasteiger charge is 2.08. The van der Waals surface area contributed by atoms with Crippen LogP contribution in [0.25, 0.3) is 0 Å². The Balaban J connectivity index is 1.86. The third-order valence-corrected chi connectivity index (χ3v) is 3.74. The van der Waals surface area contributed by atoms with Crippen LogP contribution in [0.2, 0.25) is 0 Å². The van der Waals surface area contributed by atoms with E-state index in [0.717, 1.165) is 5.56 Å². The van der Waals surface area contributed by atoms with Crippen LogP contribution in [0.3, 0.4) is 0 Å². The molecule has 0 bridgehead atoms. The molecule has 2 rings (SSSR count). The van der Waals surface area contributed by atoms with Crippen LogP contribution >= 0.6 is 11.8 Å². The van der Waals surface area contributed by atoms with E-state index < -0.39 is 0 Å². The van der Waals surface area contributed by atoms with Crippen molar-refractivity contribution >= 4 is 23.4 Å². The van der Waals surface area contributed by atoms with Crippen molar-refractivity contribution in [3.8, 4) is 6.07 Å². The minimum atomic E-state index is -0.119. The van der Waals surface area contributed by atoms with Crippen molar-refractivity contribution < 1.29 is 4.79 Å². The first-order valence-electron chi connectivity index (χ1n) is 6.60. The summed E-state index contributed by atoms with van der Waals surface area (Å²) in [5.74, 6) is 0.127. The molecule has 0 aliphatic rings. The van der Waals surface area contributed by atoms with Gasteiger partial charge in [-0.05, 0) is 17.7 Å². The summed E-state index contributed by atoms with van der Waals surface area (Å²) in [6.07, 6.45) is 3.72. The Morgan fingerprint density at radius 3 is 2.91 bits per heavy atom. The number of benzene rings is 1. The standard InChI is InChI=1S/C15H15N5OS/c1-2-9-20-11-17-19-15(20)22-10-14(21)18-13-5-3-12(4-6-13)7-8-16/h2-6,11H,1,7,9-10H2,(H,18,21). The van der Waals surface area contributed by atoms with Gasteiger partial charge in [0, 0.05) is 12.2 Å². The highest BCUT2D eigenvalue weighted by molar-refractivity contribution is 7.99. The Labute approximate surface area is 132 Å². The fourth-order valence-corrected chi connectivity index (χ4v) is 2.47. The lowest BCUT2D eigenvalue weighted by Gasteiger charge is -2.06. The summed E-state index contributed by atoms with van der Waals surface area (Å²) in [6, 6.07) is 9.31. The maximum atomic E-state index is 11.9. The number of nitrogens with one attached hydrogen (secondary N) is 1. The molecule has 0 radical (unpaired) electrons. The first-order valence-corrected chi connectivity index (χ1v) is 7.58. The average Bonchev–Trinajstić information content (AvgIpc) is 2.95. The number of amides is 1. The second-order valence-corrected chi connectivity index (χ2v) is 5.37. The van der Waals surface area contributed by atoms with E-state index in [-0.39, 0.29) is 11.7 Å². The minimum absolute atomic E-state index is 0.119. The van der Waals surface area contributed by atoms with Crippen LogP contribution in [0.4, 0.5) is 5.69 Å². The zero-order chi connectivity index (χ0) is 15.8. The third kappa shape index (κ3) is 4.46. The minimum Gasteiger partial charge on any atom is -0.325 e. The van der Waals surface area contributed by atoms with Gasteiger partial charge in [0.15, 0.2) is 5.16 Å². The maximum absolute atomic E-state index is 11.9. The molecule has 0 unspecified atom stereocenters. The summed E-state index contributed by atoms with van der Waals surface area (Å²) in [7, 11) is 0. The second kappa shape index (κ2) is 8.00. The van der Waals surface area contributed by atoms with Gasteiger partial charge >= 0.3 is 0 Å². The second-order valence-electron chi connectivity index (χ2n) is 4.42. The molecular formula is C15H15N5OS. The Morgan fingerprint density at radius 2 is 2.23 bits per heavy atom. The van der Waals surface area contributed by atoms with E-state index in [1.807, 2.05) is 16.7 Å². The summed E-state index contributed by atoms with van der Waals surface area (Å²) in [6.45, 7) is 4.27. The van der Waals surface area contributed by atoms with E-state index >= 15 is 0 Å². The number of hydrogen-bond donors (Lipinski definition) is 1. The lowest BCUT2D eigenvalue weighted by Crippen LogP contribution is -2.14. The molecule has 0 atom stereocenters. The maximum Gasteiger partial charge on any atom is 0.234 e. The van der Waals surface area contributed by atoms with Gasteiger partial charge in [0.1, 0.15) is 6.33 Å². The number of nitrogens with zero attached hydrogens (tertiary/aromatic N) is 4. The molecule has 1 aromatic heterocycles. The van der Waals surface area contributed by atoms with E-state index in [1.54, 1.807) is 24.5 Å². The molecule has 0 fully saturated rings. The summed E-state index contributed by atoms with van der Waals surface area (Å²) >= 11 is 1.32. The molecule has 112 valence electrons. The summed E-state index contributed by atoms with van der Waals surface area (Å²) in [4.78, 5) is 11.9. The SMILES string of the molecule is C=CCn1cnnc1SCC(=O)Nc1ccc(CC#N)cc1. The summed E-state index contributed by atoms with van der Waals surface area (Å²) < 4.78 is 1.82. The van der Waals surface area contributed by atoms with E-state index in [9.17, 15) is 4.79 Å². The van der Waals surface area contributed by atoms with Crippen LogP contribution in [0, 0.1) is 11.3 Å². The molecule has 6 nitrogen and oxygen atoms in total. The van der Waals surface area contributed by atoms with E-state index in [1.165, 1.54) is 11.8 Å². The highest BCUT2D eigenvalue weighted by Crippen LogP contribution is 2.16. The largest absolute Gasteiger partial charge is 0.325 e. The van der Waals surface area contributed by atoms with Crippen LogP contribution in [0.15, 0.2) is 48.4 Å². The molecule has 1 amide bonds. The van der Waals surface area contributed by atoms with Gasteiger partial charge in [-0.1, -0.05) is 30.0 Å². The first kappa shape index (κ1) is 15.8. The molecular weight excluding hydrogens is 298 g/mol. The molecule has 0 aliphatic heterocycles. The number of aromatic nitrogens is 3. The summed E-state index contributed by atoms with van der Waals surface area (Å²) in [5.41, 5.74) is 1.63. The molecule has 2 aromatic rings. The van der Waals surface area contributed by atoms with Crippen LogP contribution < -0.4 is 5.32 Å².